The minimum atomic E-state index is -3.78. The van der Waals surface area contributed by atoms with Crippen LogP contribution in [0.15, 0.2) is 96.2 Å². The van der Waals surface area contributed by atoms with Crippen molar-refractivity contribution in [2.24, 2.45) is 0 Å². The molecule has 7 nitrogen and oxygen atoms in total. The maximum absolute atomic E-state index is 12.9. The largest absolute Gasteiger partial charge is 0.319 e. The molecule has 33 heavy (non-hydrogen) atoms. The van der Waals surface area contributed by atoms with Crippen molar-refractivity contribution in [1.82, 2.24) is 14.5 Å². The maximum Gasteiger partial charge on any atom is 0.256 e. The van der Waals surface area contributed by atoms with Crippen molar-refractivity contribution in [2.75, 3.05) is 5.32 Å². The molecule has 0 radical (unpaired) electrons. The van der Waals surface area contributed by atoms with E-state index in [0.29, 0.717) is 17.8 Å². The molecule has 168 valence electrons. The van der Waals surface area contributed by atoms with Crippen LogP contribution < -0.4 is 10.0 Å². The molecule has 0 fully saturated rings. The Morgan fingerprint density at radius 3 is 2.30 bits per heavy atom. The molecule has 2 N–H and O–H groups in total. The van der Waals surface area contributed by atoms with Crippen molar-refractivity contribution >= 4 is 21.6 Å². The van der Waals surface area contributed by atoms with Crippen LogP contribution in [0.2, 0.25) is 0 Å². The molecule has 4 aromatic rings. The van der Waals surface area contributed by atoms with Gasteiger partial charge in [-0.1, -0.05) is 66.7 Å². The highest BCUT2D eigenvalue weighted by Gasteiger charge is 2.18. The van der Waals surface area contributed by atoms with Gasteiger partial charge in [0.25, 0.3) is 5.91 Å². The van der Waals surface area contributed by atoms with E-state index in [1.165, 1.54) is 12.1 Å². The number of benzene rings is 3. The predicted molar refractivity (Wildman–Crippen MR) is 127 cm³/mol. The first-order valence-electron chi connectivity index (χ1n) is 10.4. The maximum atomic E-state index is 12.9. The predicted octanol–water partition coefficient (Wildman–Crippen LogP) is 3.97. The smallest absolute Gasteiger partial charge is 0.256 e. The first-order chi connectivity index (χ1) is 15.9. The second kappa shape index (κ2) is 9.81. The Morgan fingerprint density at radius 1 is 0.939 bits per heavy atom. The van der Waals surface area contributed by atoms with E-state index in [9.17, 15) is 13.2 Å². The Kier molecular flexibility index (Phi) is 6.67. The molecule has 0 saturated carbocycles. The molecule has 0 spiro atoms. The lowest BCUT2D eigenvalue weighted by atomic mass is 10.1. The van der Waals surface area contributed by atoms with Crippen molar-refractivity contribution in [2.45, 2.75) is 24.9 Å². The molecule has 1 aromatic heterocycles. The lowest BCUT2D eigenvalue weighted by Crippen LogP contribution is -2.24. The van der Waals surface area contributed by atoms with Crippen LogP contribution in [0, 0.1) is 6.92 Å². The fourth-order valence-corrected chi connectivity index (χ4v) is 4.40. The first-order valence-corrected chi connectivity index (χ1v) is 11.9. The van der Waals surface area contributed by atoms with E-state index in [0.717, 1.165) is 11.1 Å². The van der Waals surface area contributed by atoms with Gasteiger partial charge in [0.1, 0.15) is 0 Å². The Bertz CT molecular complexity index is 1350. The number of carbonyl (C=O) groups is 1. The summed E-state index contributed by atoms with van der Waals surface area (Å²) in [6, 6.07) is 23.6. The summed E-state index contributed by atoms with van der Waals surface area (Å²) in [5.74, 6) is -0.396. The summed E-state index contributed by atoms with van der Waals surface area (Å²) in [5.41, 5.74) is 3.43. The Morgan fingerprint density at radius 2 is 1.61 bits per heavy atom. The third kappa shape index (κ3) is 5.74. The van der Waals surface area contributed by atoms with Gasteiger partial charge in [-0.2, -0.15) is 5.10 Å². The van der Waals surface area contributed by atoms with Gasteiger partial charge in [-0.3, -0.25) is 9.48 Å². The van der Waals surface area contributed by atoms with Crippen LogP contribution in [0.25, 0.3) is 0 Å². The van der Waals surface area contributed by atoms with Gasteiger partial charge in [-0.25, -0.2) is 13.1 Å². The summed E-state index contributed by atoms with van der Waals surface area (Å²) in [4.78, 5) is 12.9. The number of hydrogen-bond donors (Lipinski definition) is 2. The van der Waals surface area contributed by atoms with Gasteiger partial charge in [0, 0.05) is 18.3 Å². The standard InChI is InChI=1S/C25H24N4O3S/c1-19-12-13-23(33(31,32)27-15-20-8-4-2-5-9-20)14-24(19)25(30)28-22-16-26-29(18-22)17-21-10-6-3-7-11-21/h2-14,16,18,27H,15,17H2,1H3,(H,28,30). The summed E-state index contributed by atoms with van der Waals surface area (Å²) < 4.78 is 29.9. The van der Waals surface area contributed by atoms with E-state index in [2.05, 4.69) is 15.1 Å². The van der Waals surface area contributed by atoms with Crippen molar-refractivity contribution in [3.63, 3.8) is 0 Å². The second-order valence-corrected chi connectivity index (χ2v) is 9.42. The summed E-state index contributed by atoms with van der Waals surface area (Å²) in [6.45, 7) is 2.51. The molecule has 1 heterocycles. The molecular formula is C25H24N4O3S. The molecule has 3 aromatic carbocycles. The van der Waals surface area contributed by atoms with Gasteiger partial charge in [-0.05, 0) is 35.7 Å². The normalized spacial score (nSPS) is 11.3. The molecule has 0 unspecified atom stereocenters. The molecule has 0 atom stereocenters. The molecule has 0 saturated heterocycles. The van der Waals surface area contributed by atoms with Gasteiger partial charge < -0.3 is 5.32 Å². The van der Waals surface area contributed by atoms with Gasteiger partial charge >= 0.3 is 0 Å². The summed E-state index contributed by atoms with van der Waals surface area (Å²) >= 11 is 0. The number of hydrogen-bond acceptors (Lipinski definition) is 4. The minimum absolute atomic E-state index is 0.0361. The van der Waals surface area contributed by atoms with Gasteiger partial charge in [0.2, 0.25) is 10.0 Å². The van der Waals surface area contributed by atoms with Gasteiger partial charge in [-0.15, -0.1) is 0 Å². The third-order valence-corrected chi connectivity index (χ3v) is 6.55. The molecule has 1 amide bonds. The van der Waals surface area contributed by atoms with Crippen LogP contribution in [0.1, 0.15) is 27.0 Å². The lowest BCUT2D eigenvalue weighted by Gasteiger charge is -2.11. The topological polar surface area (TPSA) is 93.1 Å². The molecule has 0 aliphatic carbocycles. The van der Waals surface area contributed by atoms with E-state index in [-0.39, 0.29) is 17.0 Å². The number of amides is 1. The van der Waals surface area contributed by atoms with Crippen molar-refractivity contribution < 1.29 is 13.2 Å². The number of nitrogens with zero attached hydrogens (tertiary/aromatic N) is 2. The number of anilines is 1. The number of rotatable bonds is 8. The lowest BCUT2D eigenvalue weighted by molar-refractivity contribution is 0.102. The number of aryl methyl sites for hydroxylation is 1. The molecule has 8 heteroatoms. The van der Waals surface area contributed by atoms with E-state index < -0.39 is 15.9 Å². The number of nitrogens with one attached hydrogen (secondary N) is 2. The highest BCUT2D eigenvalue weighted by molar-refractivity contribution is 7.89. The van der Waals surface area contributed by atoms with E-state index in [4.69, 9.17) is 0 Å². The Balaban J connectivity index is 1.46. The first kappa shape index (κ1) is 22.4. The monoisotopic (exact) mass is 460 g/mol. The zero-order valence-electron chi connectivity index (χ0n) is 18.1. The molecule has 0 bridgehead atoms. The van der Waals surface area contributed by atoms with Crippen LogP contribution in [0.3, 0.4) is 0 Å². The van der Waals surface area contributed by atoms with Crippen LogP contribution in [-0.4, -0.2) is 24.1 Å². The Labute approximate surface area is 193 Å². The fourth-order valence-electron chi connectivity index (χ4n) is 3.35. The van der Waals surface area contributed by atoms with E-state index in [1.54, 1.807) is 30.1 Å². The van der Waals surface area contributed by atoms with Crippen LogP contribution >= 0.6 is 0 Å². The minimum Gasteiger partial charge on any atom is -0.319 e. The quantitative estimate of drug-likeness (QED) is 0.416. The molecule has 0 aliphatic rings. The van der Waals surface area contributed by atoms with Crippen LogP contribution in [-0.2, 0) is 23.1 Å². The van der Waals surface area contributed by atoms with E-state index >= 15 is 0 Å². The van der Waals surface area contributed by atoms with E-state index in [1.807, 2.05) is 60.7 Å². The number of sulfonamides is 1. The summed E-state index contributed by atoms with van der Waals surface area (Å²) in [5, 5.41) is 7.09. The van der Waals surface area contributed by atoms with Gasteiger partial charge in [0.15, 0.2) is 0 Å². The highest BCUT2D eigenvalue weighted by atomic mass is 32.2. The average Bonchev–Trinajstić information content (AvgIpc) is 3.25. The van der Waals surface area contributed by atoms with Crippen molar-refractivity contribution in [3.05, 3.63) is 114 Å². The van der Waals surface area contributed by atoms with Crippen LogP contribution in [0.5, 0.6) is 0 Å². The summed E-state index contributed by atoms with van der Waals surface area (Å²) in [7, 11) is -3.78. The SMILES string of the molecule is Cc1ccc(S(=O)(=O)NCc2ccccc2)cc1C(=O)Nc1cnn(Cc2ccccc2)c1. The van der Waals surface area contributed by atoms with Crippen molar-refractivity contribution in [1.29, 1.82) is 0 Å². The van der Waals surface area contributed by atoms with Crippen LogP contribution in [0.4, 0.5) is 5.69 Å². The molecular weight excluding hydrogens is 436 g/mol. The zero-order valence-corrected chi connectivity index (χ0v) is 18.9. The molecule has 0 aliphatic heterocycles. The summed E-state index contributed by atoms with van der Waals surface area (Å²) in [6.07, 6.45) is 3.31. The zero-order chi connectivity index (χ0) is 23.3. The van der Waals surface area contributed by atoms with Gasteiger partial charge in [0.05, 0.1) is 23.3 Å². The number of aromatic nitrogens is 2. The third-order valence-electron chi connectivity index (χ3n) is 5.15. The number of carbonyl (C=O) groups excluding carboxylic acids is 1. The molecule has 4 rings (SSSR count). The Hall–Kier alpha value is -3.75. The average molecular weight is 461 g/mol. The fraction of sp³-hybridized carbons (Fsp3) is 0.120. The highest BCUT2D eigenvalue weighted by Crippen LogP contribution is 2.18. The second-order valence-electron chi connectivity index (χ2n) is 7.65. The van der Waals surface area contributed by atoms with Crippen molar-refractivity contribution in [3.8, 4) is 0 Å².